The molecular formula is C26H30N4O3. The lowest BCUT2D eigenvalue weighted by Crippen LogP contribution is -2.54. The molecule has 33 heavy (non-hydrogen) atoms. The van der Waals surface area contributed by atoms with Gasteiger partial charge >= 0.3 is 0 Å². The van der Waals surface area contributed by atoms with E-state index in [0.29, 0.717) is 37.0 Å². The number of ether oxygens (including phenoxy) is 2. The third-order valence-electron chi connectivity index (χ3n) is 5.98. The van der Waals surface area contributed by atoms with Crippen LogP contribution in [0.4, 0.5) is 5.82 Å². The van der Waals surface area contributed by atoms with E-state index in [0.717, 1.165) is 23.4 Å². The van der Waals surface area contributed by atoms with Crippen molar-refractivity contribution in [1.29, 1.82) is 0 Å². The summed E-state index contributed by atoms with van der Waals surface area (Å²) in [5.41, 5.74) is 3.05. The Kier molecular flexibility index (Phi) is 6.77. The smallest absolute Gasteiger partial charge is 0.254 e. The van der Waals surface area contributed by atoms with E-state index in [1.165, 1.54) is 11.9 Å². The first-order valence-corrected chi connectivity index (χ1v) is 11.3. The van der Waals surface area contributed by atoms with Gasteiger partial charge in [-0.2, -0.15) is 0 Å². The number of aryl methyl sites for hydroxylation is 2. The van der Waals surface area contributed by atoms with Gasteiger partial charge in [0.25, 0.3) is 5.91 Å². The molecule has 0 spiro atoms. The molecule has 7 nitrogen and oxygen atoms in total. The quantitative estimate of drug-likeness (QED) is 0.555. The number of carbonyl (C=O) groups is 1. The van der Waals surface area contributed by atoms with Crippen molar-refractivity contribution < 1.29 is 14.3 Å². The van der Waals surface area contributed by atoms with Crippen LogP contribution in [-0.4, -0.2) is 53.6 Å². The number of hydrogen-bond donors (Lipinski definition) is 0. The molecule has 2 aromatic carbocycles. The van der Waals surface area contributed by atoms with Gasteiger partial charge in [-0.3, -0.25) is 4.79 Å². The summed E-state index contributed by atoms with van der Waals surface area (Å²) in [4.78, 5) is 25.9. The van der Waals surface area contributed by atoms with Gasteiger partial charge in [-0.25, -0.2) is 9.97 Å². The molecule has 1 aliphatic heterocycles. The molecule has 4 rings (SSSR count). The molecule has 1 aromatic heterocycles. The molecular weight excluding hydrogens is 416 g/mol. The van der Waals surface area contributed by atoms with Crippen LogP contribution in [0.15, 0.2) is 54.9 Å². The number of amides is 1. The SMILES string of the molecule is CCc1ccc(C(=O)N2CCN(c3cc(Oc4ccc(C)cc4OC)ncn3)C[C@H]2C)cc1. The highest BCUT2D eigenvalue weighted by Gasteiger charge is 2.29. The Balaban J connectivity index is 1.44. The Morgan fingerprint density at radius 3 is 2.55 bits per heavy atom. The number of methoxy groups -OCH3 is 1. The first kappa shape index (κ1) is 22.6. The zero-order valence-corrected chi connectivity index (χ0v) is 19.6. The van der Waals surface area contributed by atoms with Crippen LogP contribution in [0, 0.1) is 6.92 Å². The van der Waals surface area contributed by atoms with Crippen molar-refractivity contribution in [3.05, 3.63) is 71.5 Å². The predicted octanol–water partition coefficient (Wildman–Crippen LogP) is 4.50. The molecule has 0 bridgehead atoms. The van der Waals surface area contributed by atoms with E-state index in [4.69, 9.17) is 9.47 Å². The van der Waals surface area contributed by atoms with Gasteiger partial charge in [-0.15, -0.1) is 0 Å². The minimum absolute atomic E-state index is 0.0497. The molecule has 172 valence electrons. The third-order valence-corrected chi connectivity index (χ3v) is 5.98. The van der Waals surface area contributed by atoms with Crippen molar-refractivity contribution >= 4 is 11.7 Å². The van der Waals surface area contributed by atoms with Crippen LogP contribution >= 0.6 is 0 Å². The van der Waals surface area contributed by atoms with E-state index in [2.05, 4.69) is 28.7 Å². The van der Waals surface area contributed by atoms with Gasteiger partial charge in [-0.05, 0) is 55.7 Å². The van der Waals surface area contributed by atoms with Crippen LogP contribution < -0.4 is 14.4 Å². The van der Waals surface area contributed by atoms with E-state index in [9.17, 15) is 4.79 Å². The molecule has 1 saturated heterocycles. The second-order valence-electron chi connectivity index (χ2n) is 8.31. The minimum Gasteiger partial charge on any atom is -0.493 e. The van der Waals surface area contributed by atoms with Crippen molar-refractivity contribution in [3.63, 3.8) is 0 Å². The normalized spacial score (nSPS) is 15.9. The zero-order chi connectivity index (χ0) is 23.4. The highest BCUT2D eigenvalue weighted by Crippen LogP contribution is 2.32. The summed E-state index contributed by atoms with van der Waals surface area (Å²) in [6.07, 6.45) is 2.47. The minimum atomic E-state index is 0.0497. The van der Waals surface area contributed by atoms with Gasteiger partial charge in [0.05, 0.1) is 7.11 Å². The predicted molar refractivity (Wildman–Crippen MR) is 128 cm³/mol. The Labute approximate surface area is 195 Å². The average Bonchev–Trinajstić information content (AvgIpc) is 2.85. The molecule has 0 unspecified atom stereocenters. The van der Waals surface area contributed by atoms with Gasteiger partial charge in [0.15, 0.2) is 11.5 Å². The van der Waals surface area contributed by atoms with Crippen LogP contribution in [0.3, 0.4) is 0 Å². The number of aromatic nitrogens is 2. The van der Waals surface area contributed by atoms with Crippen LogP contribution in [-0.2, 0) is 6.42 Å². The fourth-order valence-corrected chi connectivity index (χ4v) is 4.05. The highest BCUT2D eigenvalue weighted by atomic mass is 16.5. The maximum Gasteiger partial charge on any atom is 0.254 e. The van der Waals surface area contributed by atoms with Gasteiger partial charge in [0.1, 0.15) is 12.1 Å². The number of nitrogens with zero attached hydrogens (tertiary/aromatic N) is 4. The molecule has 1 atom stereocenters. The lowest BCUT2D eigenvalue weighted by molar-refractivity contribution is 0.0673. The number of benzene rings is 2. The van der Waals surface area contributed by atoms with Crippen molar-refractivity contribution in [2.45, 2.75) is 33.2 Å². The Morgan fingerprint density at radius 2 is 1.85 bits per heavy atom. The fourth-order valence-electron chi connectivity index (χ4n) is 4.05. The molecule has 0 N–H and O–H groups in total. The first-order valence-electron chi connectivity index (χ1n) is 11.3. The summed E-state index contributed by atoms with van der Waals surface area (Å²) < 4.78 is 11.4. The van der Waals surface area contributed by atoms with E-state index in [-0.39, 0.29) is 11.9 Å². The van der Waals surface area contributed by atoms with E-state index >= 15 is 0 Å². The number of rotatable bonds is 6. The fraction of sp³-hybridized carbons (Fsp3) is 0.346. The largest absolute Gasteiger partial charge is 0.493 e. The average molecular weight is 447 g/mol. The van der Waals surface area contributed by atoms with Crippen molar-refractivity contribution in [3.8, 4) is 17.4 Å². The molecule has 0 aliphatic carbocycles. The number of anilines is 1. The summed E-state index contributed by atoms with van der Waals surface area (Å²) in [6.45, 7) is 8.18. The Bertz CT molecular complexity index is 1120. The zero-order valence-electron chi connectivity index (χ0n) is 19.6. The summed E-state index contributed by atoms with van der Waals surface area (Å²) in [7, 11) is 1.62. The molecule has 1 aliphatic rings. The maximum atomic E-state index is 13.0. The van der Waals surface area contributed by atoms with Crippen molar-refractivity contribution in [1.82, 2.24) is 14.9 Å². The van der Waals surface area contributed by atoms with E-state index in [1.807, 2.05) is 60.4 Å². The maximum absolute atomic E-state index is 13.0. The monoisotopic (exact) mass is 446 g/mol. The van der Waals surface area contributed by atoms with E-state index < -0.39 is 0 Å². The number of carbonyl (C=O) groups excluding carboxylic acids is 1. The molecule has 0 saturated carbocycles. The Morgan fingerprint density at radius 1 is 1.06 bits per heavy atom. The summed E-state index contributed by atoms with van der Waals surface area (Å²) in [6, 6.07) is 15.5. The molecule has 2 heterocycles. The molecule has 7 heteroatoms. The third kappa shape index (κ3) is 5.08. The van der Waals surface area contributed by atoms with Gasteiger partial charge in [0, 0.05) is 37.3 Å². The summed E-state index contributed by atoms with van der Waals surface area (Å²) >= 11 is 0. The van der Waals surface area contributed by atoms with Crippen LogP contribution in [0.2, 0.25) is 0 Å². The van der Waals surface area contributed by atoms with Gasteiger partial charge in [0.2, 0.25) is 5.88 Å². The van der Waals surface area contributed by atoms with Crippen molar-refractivity contribution in [2.24, 2.45) is 0 Å². The number of piperazine rings is 1. The molecule has 3 aromatic rings. The molecule has 1 fully saturated rings. The molecule has 1 amide bonds. The summed E-state index contributed by atoms with van der Waals surface area (Å²) in [5.74, 6) is 2.55. The topological polar surface area (TPSA) is 67.8 Å². The Hall–Kier alpha value is -3.61. The van der Waals surface area contributed by atoms with Crippen LogP contribution in [0.1, 0.15) is 35.3 Å². The molecule has 0 radical (unpaired) electrons. The lowest BCUT2D eigenvalue weighted by Gasteiger charge is -2.40. The highest BCUT2D eigenvalue weighted by molar-refractivity contribution is 5.94. The van der Waals surface area contributed by atoms with Crippen molar-refractivity contribution in [2.75, 3.05) is 31.6 Å². The van der Waals surface area contributed by atoms with Gasteiger partial charge < -0.3 is 19.3 Å². The van der Waals surface area contributed by atoms with Crippen LogP contribution in [0.5, 0.6) is 17.4 Å². The standard InChI is InChI=1S/C26H30N4O3/c1-5-20-7-9-21(10-8-20)26(31)30-13-12-29(16-19(30)3)24-15-25(28-17-27-24)33-22-11-6-18(2)14-23(22)32-4/h6-11,14-15,17,19H,5,12-13,16H2,1-4H3/t19-/m1/s1. The van der Waals surface area contributed by atoms with Gasteiger partial charge in [-0.1, -0.05) is 25.1 Å². The number of hydrogen-bond acceptors (Lipinski definition) is 6. The van der Waals surface area contributed by atoms with E-state index in [1.54, 1.807) is 7.11 Å². The van der Waals surface area contributed by atoms with Crippen LogP contribution in [0.25, 0.3) is 0 Å². The first-order chi connectivity index (χ1) is 16.0. The second-order valence-corrected chi connectivity index (χ2v) is 8.31. The lowest BCUT2D eigenvalue weighted by atomic mass is 10.1. The summed E-state index contributed by atoms with van der Waals surface area (Å²) in [5, 5.41) is 0. The second kappa shape index (κ2) is 9.90.